The molecule has 10 heteroatoms. The van der Waals surface area contributed by atoms with Crippen LogP contribution in [0.15, 0.2) is 47.3 Å². The molecule has 7 nitrogen and oxygen atoms in total. The molecule has 0 spiro atoms. The molecule has 1 saturated heterocycles. The molecular formula is C24H26F2N2O5S. The number of ether oxygens (including phenoxy) is 1. The van der Waals surface area contributed by atoms with Gasteiger partial charge in [-0.25, -0.2) is 13.2 Å². The lowest BCUT2D eigenvalue weighted by atomic mass is 9.78. The molecule has 3 aromatic rings. The zero-order chi connectivity index (χ0) is 24.7. The van der Waals surface area contributed by atoms with Crippen LogP contribution in [-0.4, -0.2) is 41.5 Å². The van der Waals surface area contributed by atoms with Crippen LogP contribution in [0.4, 0.5) is 8.78 Å². The van der Waals surface area contributed by atoms with Gasteiger partial charge in [-0.2, -0.15) is 8.78 Å². The van der Waals surface area contributed by atoms with Gasteiger partial charge in [0, 0.05) is 24.6 Å². The molecule has 0 unspecified atom stereocenters. The van der Waals surface area contributed by atoms with E-state index in [9.17, 15) is 26.8 Å². The van der Waals surface area contributed by atoms with Gasteiger partial charge < -0.3 is 4.74 Å². The summed E-state index contributed by atoms with van der Waals surface area (Å²) in [7, 11) is -3.03. The number of aromatic nitrogens is 2. The standard InChI is InChI=1S/C24H26F2N2O5S/c1-3-27-20-13-16(21(29)15-24(2)9-11-34(31,32)12-10-24)7-8-19(20)28(23(27)30)17-5-4-6-18(14-17)33-22(25)26/h4-8,13-14,22H,3,9-12,15H2,1-2H3. The monoisotopic (exact) mass is 492 g/mol. The van der Waals surface area contributed by atoms with Gasteiger partial charge in [0.05, 0.1) is 28.2 Å². The molecule has 2 aromatic carbocycles. The zero-order valence-electron chi connectivity index (χ0n) is 19.0. The fourth-order valence-corrected chi connectivity index (χ4v) is 6.29. The van der Waals surface area contributed by atoms with Crippen molar-refractivity contribution in [3.05, 3.63) is 58.5 Å². The Morgan fingerprint density at radius 3 is 2.47 bits per heavy atom. The van der Waals surface area contributed by atoms with Gasteiger partial charge in [0.1, 0.15) is 15.6 Å². The third-order valence-electron chi connectivity index (χ3n) is 6.49. The van der Waals surface area contributed by atoms with Crippen LogP contribution in [0, 0.1) is 5.41 Å². The Morgan fingerprint density at radius 1 is 1.12 bits per heavy atom. The molecule has 0 atom stereocenters. The maximum atomic E-state index is 13.2. The number of fused-ring (bicyclic) bond motifs is 1. The topological polar surface area (TPSA) is 87.4 Å². The van der Waals surface area contributed by atoms with Crippen LogP contribution in [0.25, 0.3) is 16.7 Å². The van der Waals surface area contributed by atoms with Crippen LogP contribution < -0.4 is 10.4 Å². The highest BCUT2D eigenvalue weighted by Gasteiger charge is 2.35. The van der Waals surface area contributed by atoms with Crippen LogP contribution >= 0.6 is 0 Å². The molecule has 0 saturated carbocycles. The first-order chi connectivity index (χ1) is 16.0. The Kier molecular flexibility index (Phi) is 6.37. The number of aryl methyl sites for hydroxylation is 1. The Bertz CT molecular complexity index is 1390. The Balaban J connectivity index is 1.70. The lowest BCUT2D eigenvalue weighted by Gasteiger charge is -2.32. The zero-order valence-corrected chi connectivity index (χ0v) is 19.8. The molecule has 1 aliphatic heterocycles. The van der Waals surface area contributed by atoms with E-state index in [1.165, 1.54) is 27.3 Å². The molecular weight excluding hydrogens is 466 g/mol. The summed E-state index contributed by atoms with van der Waals surface area (Å²) < 4.78 is 56.2. The maximum absolute atomic E-state index is 13.2. The minimum Gasteiger partial charge on any atom is -0.435 e. The summed E-state index contributed by atoms with van der Waals surface area (Å²) in [5, 5.41) is 0. The Labute approximate surface area is 195 Å². The summed E-state index contributed by atoms with van der Waals surface area (Å²) in [5.41, 5.74) is 1.15. The average molecular weight is 493 g/mol. The number of carbonyl (C=O) groups excluding carboxylic acids is 1. The number of halogens is 2. The highest BCUT2D eigenvalue weighted by Crippen LogP contribution is 2.36. The van der Waals surface area contributed by atoms with E-state index in [2.05, 4.69) is 4.74 Å². The van der Waals surface area contributed by atoms with Gasteiger partial charge >= 0.3 is 12.3 Å². The first kappa shape index (κ1) is 24.1. The van der Waals surface area contributed by atoms with Crippen molar-refractivity contribution in [1.82, 2.24) is 9.13 Å². The Hall–Kier alpha value is -3.01. The number of sulfone groups is 1. The predicted octanol–water partition coefficient (Wildman–Crippen LogP) is 4.20. The van der Waals surface area contributed by atoms with Gasteiger partial charge in [-0.1, -0.05) is 13.0 Å². The van der Waals surface area contributed by atoms with Gasteiger partial charge in [0.25, 0.3) is 0 Å². The van der Waals surface area contributed by atoms with Crippen molar-refractivity contribution >= 4 is 26.7 Å². The number of imidazole rings is 1. The van der Waals surface area contributed by atoms with E-state index in [4.69, 9.17) is 0 Å². The molecule has 0 N–H and O–H groups in total. The molecule has 0 amide bonds. The van der Waals surface area contributed by atoms with E-state index >= 15 is 0 Å². The van der Waals surface area contributed by atoms with Gasteiger partial charge in [-0.15, -0.1) is 0 Å². The summed E-state index contributed by atoms with van der Waals surface area (Å²) in [6.07, 6.45) is 1.10. The van der Waals surface area contributed by atoms with Crippen LogP contribution in [0.3, 0.4) is 0 Å². The number of benzene rings is 2. The number of rotatable bonds is 7. The third kappa shape index (κ3) is 4.77. The normalized spacial score (nSPS) is 17.2. The van der Waals surface area contributed by atoms with Gasteiger partial charge in [0.2, 0.25) is 0 Å². The van der Waals surface area contributed by atoms with Crippen molar-refractivity contribution in [3.63, 3.8) is 0 Å². The van der Waals surface area contributed by atoms with Crippen molar-refractivity contribution < 1.29 is 26.7 Å². The number of hydrogen-bond acceptors (Lipinski definition) is 5. The van der Waals surface area contributed by atoms with Crippen molar-refractivity contribution in [2.75, 3.05) is 11.5 Å². The number of ketones is 1. The summed E-state index contributed by atoms with van der Waals surface area (Å²) in [5.74, 6) is -0.00434. The predicted molar refractivity (Wildman–Crippen MR) is 125 cm³/mol. The van der Waals surface area contributed by atoms with Crippen LogP contribution in [0.1, 0.15) is 43.5 Å². The summed E-state index contributed by atoms with van der Waals surface area (Å²) in [4.78, 5) is 26.3. The lowest BCUT2D eigenvalue weighted by molar-refractivity contribution is -0.0498. The second kappa shape index (κ2) is 8.98. The molecule has 1 aliphatic rings. The molecule has 182 valence electrons. The number of hydrogen-bond donors (Lipinski definition) is 0. The Morgan fingerprint density at radius 2 is 1.82 bits per heavy atom. The summed E-state index contributed by atoms with van der Waals surface area (Å²) >= 11 is 0. The van der Waals surface area contributed by atoms with Crippen LogP contribution in [0.2, 0.25) is 0 Å². The van der Waals surface area contributed by atoms with E-state index in [1.807, 2.05) is 6.92 Å². The summed E-state index contributed by atoms with van der Waals surface area (Å²) in [6, 6.07) is 10.9. The largest absolute Gasteiger partial charge is 0.435 e. The fraction of sp³-hybridized carbons (Fsp3) is 0.417. The molecule has 34 heavy (non-hydrogen) atoms. The quantitative estimate of drug-likeness (QED) is 0.462. The van der Waals surface area contributed by atoms with Crippen LogP contribution in [-0.2, 0) is 16.4 Å². The maximum Gasteiger partial charge on any atom is 0.387 e. The fourth-order valence-electron chi connectivity index (χ4n) is 4.48. The number of nitrogens with zero attached hydrogens (tertiary/aromatic N) is 2. The highest BCUT2D eigenvalue weighted by molar-refractivity contribution is 7.91. The SMILES string of the molecule is CCn1c(=O)n(-c2cccc(OC(F)F)c2)c2ccc(C(=O)CC3(C)CCS(=O)(=O)CC3)cc21. The molecule has 2 heterocycles. The minimum absolute atomic E-state index is 0.0636. The van der Waals surface area contributed by atoms with Gasteiger partial charge in [-0.3, -0.25) is 13.9 Å². The third-order valence-corrected chi connectivity index (χ3v) is 8.14. The highest BCUT2D eigenvalue weighted by atomic mass is 32.2. The molecule has 1 fully saturated rings. The number of alkyl halides is 2. The molecule has 4 rings (SSSR count). The first-order valence-electron chi connectivity index (χ1n) is 11.1. The van der Waals surface area contributed by atoms with Crippen molar-refractivity contribution in [3.8, 4) is 11.4 Å². The summed E-state index contributed by atoms with van der Waals surface area (Å²) in [6.45, 7) is 1.11. The minimum atomic E-state index is -3.03. The second-order valence-electron chi connectivity index (χ2n) is 9.00. The van der Waals surface area contributed by atoms with E-state index in [0.717, 1.165) is 0 Å². The van der Waals surface area contributed by atoms with Crippen molar-refractivity contribution in [2.45, 2.75) is 46.3 Å². The van der Waals surface area contributed by atoms with E-state index < -0.39 is 21.9 Å². The molecule has 0 aliphatic carbocycles. The lowest BCUT2D eigenvalue weighted by Crippen LogP contribution is -2.33. The first-order valence-corrected chi connectivity index (χ1v) is 12.9. The average Bonchev–Trinajstić information content (AvgIpc) is 3.06. The second-order valence-corrected chi connectivity index (χ2v) is 11.3. The van der Waals surface area contributed by atoms with Crippen molar-refractivity contribution in [2.24, 2.45) is 5.41 Å². The van der Waals surface area contributed by atoms with E-state index in [1.54, 1.807) is 31.2 Å². The van der Waals surface area contributed by atoms with Crippen LogP contribution in [0.5, 0.6) is 5.75 Å². The molecule has 1 aromatic heterocycles. The molecule has 0 radical (unpaired) electrons. The van der Waals surface area contributed by atoms with Crippen molar-refractivity contribution in [1.29, 1.82) is 0 Å². The smallest absolute Gasteiger partial charge is 0.387 e. The number of carbonyl (C=O) groups is 1. The number of Topliss-reactive ketones (excluding diaryl/α,β-unsaturated/α-hetero) is 1. The van der Waals surface area contributed by atoms with Gasteiger partial charge in [-0.05, 0) is 55.5 Å². The van der Waals surface area contributed by atoms with Gasteiger partial charge in [0.15, 0.2) is 5.78 Å². The van der Waals surface area contributed by atoms with E-state index in [0.29, 0.717) is 41.7 Å². The van der Waals surface area contributed by atoms with E-state index in [-0.39, 0.29) is 35.1 Å². The molecule has 0 bridgehead atoms.